The molecule has 0 aliphatic carbocycles. The molecule has 0 unspecified atom stereocenters. The van der Waals surface area contributed by atoms with E-state index in [2.05, 4.69) is 22.4 Å². The third-order valence-corrected chi connectivity index (χ3v) is 5.00. The normalized spacial score (nSPS) is 10.5. The van der Waals surface area contributed by atoms with Crippen LogP contribution in [0.25, 0.3) is 0 Å². The van der Waals surface area contributed by atoms with Crippen LogP contribution in [0, 0.1) is 0 Å². The molecule has 1 amide bonds. The smallest absolute Gasteiger partial charge is 0.226 e. The highest BCUT2D eigenvalue weighted by atomic mass is 32.1. The van der Waals surface area contributed by atoms with Crippen LogP contribution in [0.15, 0.2) is 60.8 Å². The van der Waals surface area contributed by atoms with Crippen molar-refractivity contribution in [2.24, 2.45) is 0 Å². The lowest BCUT2D eigenvalue weighted by atomic mass is 10.1. The summed E-state index contributed by atoms with van der Waals surface area (Å²) in [6.07, 6.45) is 2.84. The number of ketones is 1. The first kappa shape index (κ1) is 19.8. The number of nitrogens with zero attached hydrogens (tertiary/aromatic N) is 1. The van der Waals surface area contributed by atoms with Crippen molar-refractivity contribution in [1.82, 2.24) is 4.98 Å². The Morgan fingerprint density at radius 1 is 1.04 bits per heavy atom. The van der Waals surface area contributed by atoms with Gasteiger partial charge in [-0.2, -0.15) is 0 Å². The summed E-state index contributed by atoms with van der Waals surface area (Å²) in [6, 6.07) is 17.1. The summed E-state index contributed by atoms with van der Waals surface area (Å²) in [5.74, 6) is 0.453. The van der Waals surface area contributed by atoms with Gasteiger partial charge in [0.2, 0.25) is 5.91 Å². The largest absolute Gasteiger partial charge is 0.494 e. The van der Waals surface area contributed by atoms with Gasteiger partial charge in [0.25, 0.3) is 0 Å². The van der Waals surface area contributed by atoms with Crippen LogP contribution >= 0.6 is 11.3 Å². The molecule has 0 atom stereocenters. The zero-order valence-corrected chi connectivity index (χ0v) is 16.5. The van der Waals surface area contributed by atoms with Gasteiger partial charge >= 0.3 is 0 Å². The molecule has 3 rings (SSSR count). The molecule has 0 radical (unpaired) electrons. The molecule has 0 bridgehead atoms. The third-order valence-electron chi connectivity index (χ3n) is 4.09. The Hall–Kier alpha value is -2.99. The van der Waals surface area contributed by atoms with E-state index in [-0.39, 0.29) is 24.5 Å². The van der Waals surface area contributed by atoms with Gasteiger partial charge in [-0.1, -0.05) is 30.3 Å². The first-order valence-corrected chi connectivity index (χ1v) is 10.00. The lowest BCUT2D eigenvalue weighted by molar-refractivity contribution is -0.116. The average Bonchev–Trinajstić information content (AvgIpc) is 3.14. The Morgan fingerprint density at radius 2 is 1.79 bits per heavy atom. The van der Waals surface area contributed by atoms with Gasteiger partial charge in [0, 0.05) is 35.9 Å². The number of aromatic nitrogens is 1. The van der Waals surface area contributed by atoms with E-state index in [1.54, 1.807) is 30.5 Å². The number of Topliss-reactive ketones (excluding diaryl/α,β-unsaturated/α-hetero) is 1. The molecule has 0 saturated heterocycles. The highest BCUT2D eigenvalue weighted by molar-refractivity contribution is 7.15. The molecule has 6 heteroatoms. The first-order chi connectivity index (χ1) is 13.6. The predicted octanol–water partition coefficient (Wildman–Crippen LogP) is 4.73. The molecule has 0 spiro atoms. The van der Waals surface area contributed by atoms with Gasteiger partial charge in [-0.25, -0.2) is 4.98 Å². The monoisotopic (exact) mass is 394 g/mol. The molecule has 3 aromatic rings. The minimum Gasteiger partial charge on any atom is -0.494 e. The Balaban J connectivity index is 1.47. The number of carbonyl (C=O) groups is 2. The minimum absolute atomic E-state index is 0.0675. The standard InChI is InChI=1S/C22H22N2O3S/c1-2-27-18-10-8-17(9-11-18)20(25)12-13-21(26)24-22-23-15-19(28-22)14-16-6-4-3-5-7-16/h3-11,15H,2,12-14H2,1H3,(H,23,24,26). The van der Waals surface area contributed by atoms with E-state index in [0.29, 0.717) is 17.3 Å². The Labute approximate surface area is 168 Å². The number of rotatable bonds is 9. The van der Waals surface area contributed by atoms with Gasteiger partial charge in [-0.15, -0.1) is 11.3 Å². The van der Waals surface area contributed by atoms with Crippen molar-refractivity contribution in [3.05, 3.63) is 76.8 Å². The predicted molar refractivity (Wildman–Crippen MR) is 111 cm³/mol. The molecule has 144 valence electrons. The van der Waals surface area contributed by atoms with Crippen LogP contribution in [0.4, 0.5) is 5.13 Å². The minimum atomic E-state index is -0.208. The highest BCUT2D eigenvalue weighted by Gasteiger charge is 2.11. The highest BCUT2D eigenvalue weighted by Crippen LogP contribution is 2.21. The van der Waals surface area contributed by atoms with Crippen LogP contribution in [0.3, 0.4) is 0 Å². The first-order valence-electron chi connectivity index (χ1n) is 9.18. The number of hydrogen-bond acceptors (Lipinski definition) is 5. The van der Waals surface area contributed by atoms with E-state index in [4.69, 9.17) is 4.74 Å². The molecule has 5 nitrogen and oxygen atoms in total. The molecule has 1 heterocycles. The average molecular weight is 394 g/mol. The number of ether oxygens (including phenoxy) is 1. The maximum Gasteiger partial charge on any atom is 0.226 e. The second-order valence-corrected chi connectivity index (χ2v) is 7.34. The van der Waals surface area contributed by atoms with Gasteiger partial charge in [0.05, 0.1) is 6.61 Å². The van der Waals surface area contributed by atoms with Crippen LogP contribution in [0.5, 0.6) is 5.75 Å². The summed E-state index contributed by atoms with van der Waals surface area (Å²) in [5.41, 5.74) is 1.78. The fourth-order valence-electron chi connectivity index (χ4n) is 2.70. The number of nitrogens with one attached hydrogen (secondary N) is 1. The number of carbonyl (C=O) groups excluding carboxylic acids is 2. The fourth-order valence-corrected chi connectivity index (χ4v) is 3.56. The molecule has 0 fully saturated rings. The lowest BCUT2D eigenvalue weighted by Crippen LogP contribution is -2.13. The van der Waals surface area contributed by atoms with Crippen molar-refractivity contribution in [1.29, 1.82) is 0 Å². The zero-order valence-electron chi connectivity index (χ0n) is 15.7. The molecule has 2 aromatic carbocycles. The van der Waals surface area contributed by atoms with Gasteiger partial charge < -0.3 is 10.1 Å². The number of amides is 1. The summed E-state index contributed by atoms with van der Waals surface area (Å²) < 4.78 is 5.36. The quantitative estimate of drug-likeness (QED) is 0.533. The van der Waals surface area contributed by atoms with E-state index >= 15 is 0 Å². The second-order valence-electron chi connectivity index (χ2n) is 6.22. The van der Waals surface area contributed by atoms with Gasteiger partial charge in [0.15, 0.2) is 10.9 Å². The van der Waals surface area contributed by atoms with E-state index in [9.17, 15) is 9.59 Å². The summed E-state index contributed by atoms with van der Waals surface area (Å²) in [7, 11) is 0. The topological polar surface area (TPSA) is 68.3 Å². The van der Waals surface area contributed by atoms with Crippen molar-refractivity contribution in [2.45, 2.75) is 26.2 Å². The Morgan fingerprint density at radius 3 is 2.50 bits per heavy atom. The van der Waals surface area contributed by atoms with Crippen LogP contribution < -0.4 is 10.1 Å². The van der Waals surface area contributed by atoms with Crippen molar-refractivity contribution in [3.63, 3.8) is 0 Å². The molecule has 28 heavy (non-hydrogen) atoms. The fraction of sp³-hybridized carbons (Fsp3) is 0.227. The van der Waals surface area contributed by atoms with Gasteiger partial charge in [-0.05, 0) is 36.8 Å². The summed E-state index contributed by atoms with van der Waals surface area (Å²) >= 11 is 1.45. The number of hydrogen-bond donors (Lipinski definition) is 1. The van der Waals surface area contributed by atoms with Crippen LogP contribution in [0.1, 0.15) is 40.6 Å². The van der Waals surface area contributed by atoms with E-state index in [1.807, 2.05) is 25.1 Å². The van der Waals surface area contributed by atoms with Gasteiger partial charge in [0.1, 0.15) is 5.75 Å². The maximum absolute atomic E-state index is 12.2. The van der Waals surface area contributed by atoms with Crippen molar-refractivity contribution in [2.75, 3.05) is 11.9 Å². The third kappa shape index (κ3) is 5.76. The SMILES string of the molecule is CCOc1ccc(C(=O)CCC(=O)Nc2ncc(Cc3ccccc3)s2)cc1. The molecule has 0 aliphatic rings. The summed E-state index contributed by atoms with van der Waals surface area (Å²) in [4.78, 5) is 29.7. The Kier molecular flexibility index (Phi) is 6.92. The van der Waals surface area contributed by atoms with Crippen LogP contribution in [-0.4, -0.2) is 23.3 Å². The Bertz CT molecular complexity index is 920. The maximum atomic E-state index is 12.2. The number of benzene rings is 2. The zero-order chi connectivity index (χ0) is 19.8. The number of thiazole rings is 1. The molecule has 1 N–H and O–H groups in total. The molecule has 1 aromatic heterocycles. The van der Waals surface area contributed by atoms with Crippen LogP contribution in [0.2, 0.25) is 0 Å². The van der Waals surface area contributed by atoms with Crippen molar-refractivity contribution in [3.8, 4) is 5.75 Å². The molecular weight excluding hydrogens is 372 g/mol. The van der Waals surface area contributed by atoms with E-state index in [1.165, 1.54) is 16.9 Å². The van der Waals surface area contributed by atoms with Crippen LogP contribution in [-0.2, 0) is 11.2 Å². The molecule has 0 aliphatic heterocycles. The lowest BCUT2D eigenvalue weighted by Gasteiger charge is -2.05. The molecule has 0 saturated carbocycles. The van der Waals surface area contributed by atoms with E-state index in [0.717, 1.165) is 17.0 Å². The summed E-state index contributed by atoms with van der Waals surface area (Å²) in [5, 5.41) is 3.34. The van der Waals surface area contributed by atoms with Crippen molar-refractivity contribution >= 4 is 28.2 Å². The summed E-state index contributed by atoms with van der Waals surface area (Å²) in [6.45, 7) is 2.49. The van der Waals surface area contributed by atoms with Gasteiger partial charge in [-0.3, -0.25) is 9.59 Å². The van der Waals surface area contributed by atoms with Crippen molar-refractivity contribution < 1.29 is 14.3 Å². The number of anilines is 1. The second kappa shape index (κ2) is 9.80. The van der Waals surface area contributed by atoms with E-state index < -0.39 is 0 Å². The molecular formula is C22H22N2O3S.